The minimum Gasteiger partial charge on any atom is -0.420 e. The fourth-order valence-electron chi connectivity index (χ4n) is 2.28. The second-order valence-electron chi connectivity index (χ2n) is 5.01. The van der Waals surface area contributed by atoms with Gasteiger partial charge in [0.15, 0.2) is 9.04 Å². The molecule has 1 nitrogen and oxygen atoms in total. The molecule has 0 amide bonds. The fraction of sp³-hybridized carbons (Fsp3) is 0.625. The molecular formula is C16H28OSi. The number of unbranched alkanes of at least 4 members (excludes halogenated alkanes) is 1. The van der Waals surface area contributed by atoms with Crippen LogP contribution in [0.2, 0.25) is 12.1 Å². The van der Waals surface area contributed by atoms with Crippen molar-refractivity contribution in [2.75, 3.05) is 6.61 Å². The molecule has 0 unspecified atom stereocenters. The van der Waals surface area contributed by atoms with Crippen LogP contribution in [0.15, 0.2) is 30.3 Å². The lowest BCUT2D eigenvalue weighted by atomic mass is 10.1. The Labute approximate surface area is 114 Å². The molecule has 0 saturated heterocycles. The third-order valence-corrected chi connectivity index (χ3v) is 6.43. The Kier molecular flexibility index (Phi) is 8.87. The summed E-state index contributed by atoms with van der Waals surface area (Å²) in [5.41, 5.74) is 1.45. The Morgan fingerprint density at radius 3 is 2.22 bits per heavy atom. The molecule has 0 aliphatic heterocycles. The Morgan fingerprint density at radius 2 is 1.61 bits per heavy atom. The van der Waals surface area contributed by atoms with E-state index in [-0.39, 0.29) is 0 Å². The lowest BCUT2D eigenvalue weighted by Crippen LogP contribution is -2.17. The third-order valence-electron chi connectivity index (χ3n) is 3.28. The zero-order valence-electron chi connectivity index (χ0n) is 12.0. The van der Waals surface area contributed by atoms with Gasteiger partial charge in [-0.25, -0.2) is 0 Å². The minimum atomic E-state index is -0.850. The number of benzene rings is 1. The highest BCUT2D eigenvalue weighted by molar-refractivity contribution is 6.51. The largest absolute Gasteiger partial charge is 0.420 e. The molecule has 0 aliphatic carbocycles. The van der Waals surface area contributed by atoms with E-state index in [0.717, 1.165) is 6.61 Å². The van der Waals surface area contributed by atoms with Crippen LogP contribution in [-0.4, -0.2) is 15.6 Å². The summed E-state index contributed by atoms with van der Waals surface area (Å²) >= 11 is 0. The highest BCUT2D eigenvalue weighted by Crippen LogP contribution is 2.09. The first-order chi connectivity index (χ1) is 8.86. The second kappa shape index (κ2) is 10.3. The van der Waals surface area contributed by atoms with Crippen molar-refractivity contribution in [1.29, 1.82) is 0 Å². The monoisotopic (exact) mass is 264 g/mol. The van der Waals surface area contributed by atoms with Crippen LogP contribution < -0.4 is 0 Å². The van der Waals surface area contributed by atoms with Crippen LogP contribution in [0.4, 0.5) is 0 Å². The summed E-state index contributed by atoms with van der Waals surface area (Å²) in [4.78, 5) is 0. The summed E-state index contributed by atoms with van der Waals surface area (Å²) in [7, 11) is -0.850. The van der Waals surface area contributed by atoms with Gasteiger partial charge in [-0.05, 0) is 36.9 Å². The highest BCUT2D eigenvalue weighted by Gasteiger charge is 2.08. The maximum atomic E-state index is 6.10. The van der Waals surface area contributed by atoms with E-state index in [9.17, 15) is 0 Å². The number of hydrogen-bond acceptors (Lipinski definition) is 1. The Balaban J connectivity index is 2.06. The van der Waals surface area contributed by atoms with Crippen molar-refractivity contribution in [3.63, 3.8) is 0 Å². The van der Waals surface area contributed by atoms with Crippen molar-refractivity contribution in [1.82, 2.24) is 0 Å². The van der Waals surface area contributed by atoms with Crippen LogP contribution in [0.1, 0.15) is 45.1 Å². The summed E-state index contributed by atoms with van der Waals surface area (Å²) in [6.07, 6.45) is 6.25. The maximum absolute atomic E-state index is 6.10. The number of aryl methyl sites for hydroxylation is 1. The first kappa shape index (κ1) is 15.5. The first-order valence-corrected chi connectivity index (χ1v) is 9.62. The zero-order chi connectivity index (χ0) is 13.1. The first-order valence-electron chi connectivity index (χ1n) is 7.52. The second-order valence-corrected chi connectivity index (χ2v) is 7.74. The molecular weight excluding hydrogens is 236 g/mol. The number of rotatable bonds is 10. The minimum absolute atomic E-state index is 0.850. The van der Waals surface area contributed by atoms with Gasteiger partial charge in [0.05, 0.1) is 0 Å². The predicted molar refractivity (Wildman–Crippen MR) is 82.7 cm³/mol. The molecule has 1 rings (SSSR count). The normalized spacial score (nSPS) is 11.1. The average Bonchev–Trinajstić information content (AvgIpc) is 2.40. The lowest BCUT2D eigenvalue weighted by molar-refractivity contribution is 0.306. The Bertz CT molecular complexity index is 280. The lowest BCUT2D eigenvalue weighted by Gasteiger charge is -2.14. The number of hydrogen-bond donors (Lipinski definition) is 0. The van der Waals surface area contributed by atoms with E-state index < -0.39 is 9.04 Å². The van der Waals surface area contributed by atoms with Gasteiger partial charge in [-0.2, -0.15) is 0 Å². The highest BCUT2D eigenvalue weighted by atomic mass is 28.3. The molecule has 0 heterocycles. The van der Waals surface area contributed by atoms with Crippen LogP contribution in [0, 0.1) is 0 Å². The summed E-state index contributed by atoms with van der Waals surface area (Å²) in [5, 5.41) is 0. The van der Waals surface area contributed by atoms with Gasteiger partial charge >= 0.3 is 0 Å². The fourth-order valence-corrected chi connectivity index (χ4v) is 4.69. The van der Waals surface area contributed by atoms with Crippen molar-refractivity contribution in [3.8, 4) is 0 Å². The topological polar surface area (TPSA) is 9.23 Å². The molecule has 102 valence electrons. The summed E-state index contributed by atoms with van der Waals surface area (Å²) < 4.78 is 6.10. The summed E-state index contributed by atoms with van der Waals surface area (Å²) in [6.45, 7) is 5.53. The van der Waals surface area contributed by atoms with Crippen molar-refractivity contribution < 1.29 is 4.43 Å². The van der Waals surface area contributed by atoms with Crippen molar-refractivity contribution >= 4 is 9.04 Å². The molecule has 18 heavy (non-hydrogen) atoms. The van der Waals surface area contributed by atoms with Gasteiger partial charge in [0.1, 0.15) is 0 Å². The van der Waals surface area contributed by atoms with Gasteiger partial charge in [0.25, 0.3) is 0 Å². The molecule has 0 fully saturated rings. The van der Waals surface area contributed by atoms with E-state index in [1.165, 1.54) is 49.8 Å². The molecule has 2 heteroatoms. The van der Waals surface area contributed by atoms with Crippen LogP contribution in [0.5, 0.6) is 0 Å². The summed E-state index contributed by atoms with van der Waals surface area (Å²) in [5.74, 6) is 0. The van der Waals surface area contributed by atoms with E-state index >= 15 is 0 Å². The van der Waals surface area contributed by atoms with Crippen LogP contribution in [0.25, 0.3) is 0 Å². The zero-order valence-corrected chi connectivity index (χ0v) is 13.2. The van der Waals surface area contributed by atoms with E-state index in [4.69, 9.17) is 4.43 Å². The molecule has 0 bridgehead atoms. The smallest absolute Gasteiger partial charge is 0.176 e. The Hall–Kier alpha value is -0.603. The molecule has 0 radical (unpaired) electrons. The van der Waals surface area contributed by atoms with Crippen LogP contribution in [-0.2, 0) is 10.8 Å². The molecule has 1 aromatic rings. The van der Waals surface area contributed by atoms with Crippen molar-refractivity contribution in [2.45, 2.75) is 58.0 Å². The Morgan fingerprint density at radius 1 is 0.944 bits per heavy atom. The van der Waals surface area contributed by atoms with E-state index in [1.54, 1.807) is 0 Å². The SMILES string of the molecule is CCC[SiH](CCC)OCCCCc1ccccc1. The molecule has 0 aromatic heterocycles. The van der Waals surface area contributed by atoms with Gasteiger partial charge in [0, 0.05) is 6.61 Å². The molecule has 0 spiro atoms. The quantitative estimate of drug-likeness (QED) is 0.444. The predicted octanol–water partition coefficient (Wildman–Crippen LogP) is 4.57. The van der Waals surface area contributed by atoms with E-state index in [1.807, 2.05) is 0 Å². The van der Waals surface area contributed by atoms with Gasteiger partial charge in [-0.1, -0.05) is 57.0 Å². The molecule has 0 aliphatic rings. The van der Waals surface area contributed by atoms with Crippen molar-refractivity contribution in [2.24, 2.45) is 0 Å². The molecule has 0 atom stereocenters. The van der Waals surface area contributed by atoms with E-state index in [2.05, 4.69) is 44.2 Å². The van der Waals surface area contributed by atoms with Crippen LogP contribution >= 0.6 is 0 Å². The molecule has 1 aromatic carbocycles. The molecule has 0 N–H and O–H groups in total. The third kappa shape index (κ3) is 6.97. The van der Waals surface area contributed by atoms with E-state index in [0.29, 0.717) is 0 Å². The maximum Gasteiger partial charge on any atom is 0.176 e. The van der Waals surface area contributed by atoms with Crippen molar-refractivity contribution in [3.05, 3.63) is 35.9 Å². The average molecular weight is 264 g/mol. The summed E-state index contributed by atoms with van der Waals surface area (Å²) in [6, 6.07) is 13.5. The van der Waals surface area contributed by atoms with Gasteiger partial charge < -0.3 is 4.43 Å². The standard InChI is InChI=1S/C16H28OSi/c1-3-14-18(15-4-2)17-13-9-8-12-16-10-6-5-7-11-16/h5-7,10-11,18H,3-4,8-9,12-15H2,1-2H3. The van der Waals surface area contributed by atoms with Gasteiger partial charge in [-0.15, -0.1) is 0 Å². The molecule has 0 saturated carbocycles. The van der Waals surface area contributed by atoms with Gasteiger partial charge in [0.2, 0.25) is 0 Å². The van der Waals surface area contributed by atoms with Gasteiger partial charge in [-0.3, -0.25) is 0 Å². The van der Waals surface area contributed by atoms with Crippen LogP contribution in [0.3, 0.4) is 0 Å².